The lowest BCUT2D eigenvalue weighted by molar-refractivity contribution is 0.329. The smallest absolute Gasteiger partial charge is 0.174 e. The van der Waals surface area contributed by atoms with E-state index in [1.807, 2.05) is 48.6 Å². The molecule has 0 aliphatic carbocycles. The van der Waals surface area contributed by atoms with Crippen LogP contribution in [0.3, 0.4) is 0 Å². The number of thiazole rings is 1. The molecule has 0 aliphatic rings. The monoisotopic (exact) mass is 352 g/mol. The van der Waals surface area contributed by atoms with Crippen molar-refractivity contribution in [3.63, 3.8) is 0 Å². The molecule has 3 aromatic rings. The number of ether oxygens (including phenoxy) is 3. The first-order valence-corrected chi connectivity index (χ1v) is 8.35. The number of benzene rings is 2. The number of methoxy groups -OCH3 is 2. The molecule has 0 bridgehead atoms. The lowest BCUT2D eigenvalue weighted by Gasteiger charge is -2.08. The third-order valence-electron chi connectivity index (χ3n) is 3.51. The molecular formula is C19H16N2O3S. The van der Waals surface area contributed by atoms with Crippen LogP contribution < -0.4 is 14.2 Å². The molecule has 0 amide bonds. The number of nitrogens with zero attached hydrogens (tertiary/aromatic N) is 2. The van der Waals surface area contributed by atoms with Crippen LogP contribution in [-0.2, 0) is 0 Å². The minimum Gasteiger partial charge on any atom is -0.497 e. The normalized spacial score (nSPS) is 10.8. The standard InChI is InChI=1S/C19H16N2O3S/c1-22-14-5-6-15-18(12-14)25-19(21-15)8-4-13-3-7-16(24-10-9-20)17(11-13)23-2/h3-8,11-12H,10H2,1-2H3/b8-4+. The first kappa shape index (κ1) is 16.8. The van der Waals surface area contributed by atoms with Gasteiger partial charge in [-0.15, -0.1) is 11.3 Å². The van der Waals surface area contributed by atoms with Gasteiger partial charge in [-0.1, -0.05) is 12.1 Å². The molecule has 1 heterocycles. The van der Waals surface area contributed by atoms with Crippen LogP contribution in [0.1, 0.15) is 10.6 Å². The maximum Gasteiger partial charge on any atom is 0.174 e. The van der Waals surface area contributed by atoms with Crippen LogP contribution in [0.25, 0.3) is 22.4 Å². The summed E-state index contributed by atoms with van der Waals surface area (Å²) in [4.78, 5) is 4.59. The van der Waals surface area contributed by atoms with Gasteiger partial charge in [0.05, 0.1) is 24.4 Å². The lowest BCUT2D eigenvalue weighted by Crippen LogP contribution is -1.96. The number of aromatic nitrogens is 1. The van der Waals surface area contributed by atoms with E-state index in [9.17, 15) is 0 Å². The van der Waals surface area contributed by atoms with Crippen molar-refractivity contribution in [1.82, 2.24) is 4.98 Å². The summed E-state index contributed by atoms with van der Waals surface area (Å²) >= 11 is 1.60. The molecule has 3 rings (SSSR count). The molecule has 1 aromatic heterocycles. The van der Waals surface area contributed by atoms with E-state index in [0.717, 1.165) is 26.5 Å². The van der Waals surface area contributed by atoms with Crippen molar-refractivity contribution in [2.75, 3.05) is 20.8 Å². The van der Waals surface area contributed by atoms with Crippen molar-refractivity contribution in [1.29, 1.82) is 5.26 Å². The third-order valence-corrected chi connectivity index (χ3v) is 4.49. The number of rotatable bonds is 6. The fraction of sp³-hybridized carbons (Fsp3) is 0.158. The molecule has 6 heteroatoms. The van der Waals surface area contributed by atoms with Gasteiger partial charge < -0.3 is 14.2 Å². The minimum atomic E-state index is -0.0132. The Bertz CT molecular complexity index is 957. The van der Waals surface area contributed by atoms with Crippen molar-refractivity contribution in [3.8, 4) is 23.3 Å². The highest BCUT2D eigenvalue weighted by atomic mass is 32.1. The fourth-order valence-corrected chi connectivity index (χ4v) is 3.20. The predicted octanol–water partition coefficient (Wildman–Crippen LogP) is 4.39. The Labute approximate surface area is 149 Å². The molecule has 5 nitrogen and oxygen atoms in total. The van der Waals surface area contributed by atoms with Gasteiger partial charge in [-0.25, -0.2) is 4.98 Å². The van der Waals surface area contributed by atoms with Gasteiger partial charge in [0.1, 0.15) is 16.8 Å². The zero-order valence-electron chi connectivity index (χ0n) is 13.9. The van der Waals surface area contributed by atoms with E-state index < -0.39 is 0 Å². The predicted molar refractivity (Wildman–Crippen MR) is 99.2 cm³/mol. The van der Waals surface area contributed by atoms with Gasteiger partial charge in [0.2, 0.25) is 0 Å². The van der Waals surface area contributed by atoms with Gasteiger partial charge in [0.15, 0.2) is 18.1 Å². The van der Waals surface area contributed by atoms with E-state index in [-0.39, 0.29) is 6.61 Å². The van der Waals surface area contributed by atoms with E-state index >= 15 is 0 Å². The average molecular weight is 352 g/mol. The molecule has 0 spiro atoms. The third kappa shape index (κ3) is 3.90. The van der Waals surface area contributed by atoms with E-state index in [4.69, 9.17) is 19.5 Å². The number of nitriles is 1. The van der Waals surface area contributed by atoms with Crippen molar-refractivity contribution >= 4 is 33.7 Å². The van der Waals surface area contributed by atoms with E-state index in [1.54, 1.807) is 31.6 Å². The summed E-state index contributed by atoms with van der Waals surface area (Å²) < 4.78 is 17.0. The zero-order valence-corrected chi connectivity index (χ0v) is 14.7. The van der Waals surface area contributed by atoms with Crippen molar-refractivity contribution < 1.29 is 14.2 Å². The number of hydrogen-bond acceptors (Lipinski definition) is 6. The highest BCUT2D eigenvalue weighted by Gasteiger charge is 2.06. The van der Waals surface area contributed by atoms with Crippen LogP contribution in [0.4, 0.5) is 0 Å². The maximum absolute atomic E-state index is 8.61. The second-order valence-corrected chi connectivity index (χ2v) is 6.14. The molecule has 0 aliphatic heterocycles. The first-order chi connectivity index (χ1) is 12.2. The Morgan fingerprint density at radius 1 is 1.08 bits per heavy atom. The maximum atomic E-state index is 8.61. The van der Waals surface area contributed by atoms with Crippen LogP contribution in [-0.4, -0.2) is 25.8 Å². The zero-order chi connectivity index (χ0) is 17.6. The molecule has 0 saturated carbocycles. The lowest BCUT2D eigenvalue weighted by atomic mass is 10.2. The fourth-order valence-electron chi connectivity index (χ4n) is 2.31. The molecule has 25 heavy (non-hydrogen) atoms. The average Bonchev–Trinajstić information content (AvgIpc) is 3.06. The summed E-state index contributed by atoms with van der Waals surface area (Å²) in [5.41, 5.74) is 1.90. The Balaban J connectivity index is 1.82. The minimum absolute atomic E-state index is 0.0132. The number of hydrogen-bond donors (Lipinski definition) is 0. The molecule has 0 fully saturated rings. The van der Waals surface area contributed by atoms with Crippen LogP contribution in [0.2, 0.25) is 0 Å². The van der Waals surface area contributed by atoms with Crippen molar-refractivity contribution in [2.45, 2.75) is 0 Å². The van der Waals surface area contributed by atoms with Gasteiger partial charge in [-0.05, 0) is 42.0 Å². The Hall–Kier alpha value is -3.04. The first-order valence-electron chi connectivity index (χ1n) is 7.54. The molecule has 0 atom stereocenters. The van der Waals surface area contributed by atoms with Crippen LogP contribution >= 0.6 is 11.3 Å². The topological polar surface area (TPSA) is 64.4 Å². The highest BCUT2D eigenvalue weighted by molar-refractivity contribution is 7.19. The van der Waals surface area contributed by atoms with Crippen molar-refractivity contribution in [2.24, 2.45) is 0 Å². The molecule has 0 saturated heterocycles. The van der Waals surface area contributed by atoms with E-state index in [1.165, 1.54) is 0 Å². The van der Waals surface area contributed by atoms with Gasteiger partial charge >= 0.3 is 0 Å². The summed E-state index contributed by atoms with van der Waals surface area (Å²) in [5, 5.41) is 9.52. The van der Waals surface area contributed by atoms with Gasteiger partial charge in [0.25, 0.3) is 0 Å². The van der Waals surface area contributed by atoms with Gasteiger partial charge in [-0.2, -0.15) is 5.26 Å². The second-order valence-electron chi connectivity index (χ2n) is 5.08. The summed E-state index contributed by atoms with van der Waals surface area (Å²) in [7, 11) is 3.23. The Morgan fingerprint density at radius 2 is 1.96 bits per heavy atom. The molecule has 2 aromatic carbocycles. The van der Waals surface area contributed by atoms with Gasteiger partial charge in [-0.3, -0.25) is 0 Å². The summed E-state index contributed by atoms with van der Waals surface area (Å²) in [6.07, 6.45) is 3.92. The van der Waals surface area contributed by atoms with Gasteiger partial charge in [0, 0.05) is 0 Å². The van der Waals surface area contributed by atoms with Crippen LogP contribution in [0, 0.1) is 11.3 Å². The summed E-state index contributed by atoms with van der Waals surface area (Å²) in [6, 6.07) is 13.3. The second kappa shape index (κ2) is 7.69. The summed E-state index contributed by atoms with van der Waals surface area (Å²) in [6.45, 7) is -0.0132. The largest absolute Gasteiger partial charge is 0.497 e. The Kier molecular flexibility index (Phi) is 5.17. The quantitative estimate of drug-likeness (QED) is 0.658. The van der Waals surface area contributed by atoms with Crippen LogP contribution in [0.5, 0.6) is 17.2 Å². The molecular weight excluding hydrogens is 336 g/mol. The molecule has 126 valence electrons. The van der Waals surface area contributed by atoms with Crippen molar-refractivity contribution in [3.05, 3.63) is 47.0 Å². The molecule has 0 N–H and O–H groups in total. The molecule has 0 unspecified atom stereocenters. The number of fused-ring (bicyclic) bond motifs is 1. The van der Waals surface area contributed by atoms with Crippen LogP contribution in [0.15, 0.2) is 36.4 Å². The summed E-state index contributed by atoms with van der Waals surface area (Å²) in [5.74, 6) is 1.96. The van der Waals surface area contributed by atoms with E-state index in [2.05, 4.69) is 4.98 Å². The molecule has 0 radical (unpaired) electrons. The van der Waals surface area contributed by atoms with E-state index in [0.29, 0.717) is 11.5 Å². The highest BCUT2D eigenvalue weighted by Crippen LogP contribution is 2.30. The SMILES string of the molecule is COc1ccc2nc(/C=C/c3ccc(OCC#N)c(OC)c3)sc2c1. The Morgan fingerprint density at radius 3 is 2.72 bits per heavy atom.